The first kappa shape index (κ1) is 11.1. The van der Waals surface area contributed by atoms with Gasteiger partial charge in [-0.2, -0.15) is 0 Å². The monoisotopic (exact) mass is 297 g/mol. The second kappa shape index (κ2) is 4.71. The Kier molecular flexibility index (Phi) is 3.27. The van der Waals surface area contributed by atoms with E-state index in [0.29, 0.717) is 0 Å². The summed E-state index contributed by atoms with van der Waals surface area (Å²) >= 11 is 5.54. The second-order valence-corrected chi connectivity index (χ2v) is 7.09. The average Bonchev–Trinajstić information content (AvgIpc) is 2.62. The quantitative estimate of drug-likeness (QED) is 0.890. The van der Waals surface area contributed by atoms with Gasteiger partial charge in [-0.25, -0.2) is 0 Å². The molecule has 1 N–H and O–H groups in total. The number of thioether (sulfide) groups is 1. The Morgan fingerprint density at radius 1 is 1.06 bits per heavy atom. The van der Waals surface area contributed by atoms with Crippen LogP contribution in [0.25, 0.3) is 0 Å². The summed E-state index contributed by atoms with van der Waals surface area (Å²) in [5, 5.41) is 4.51. The predicted octanol–water partition coefficient (Wildman–Crippen LogP) is 3.82. The number of hydrogen-bond donors (Lipinski definition) is 1. The van der Waals surface area contributed by atoms with E-state index in [0.717, 1.165) is 17.3 Å². The predicted molar refractivity (Wildman–Crippen MR) is 73.0 cm³/mol. The maximum Gasteiger partial charge on any atom is 0.0176 e. The smallest absolute Gasteiger partial charge is 0.0176 e. The molecule has 2 bridgehead atoms. The van der Waals surface area contributed by atoms with E-state index in [9.17, 15) is 0 Å². The Morgan fingerprint density at radius 3 is 2.31 bits per heavy atom. The van der Waals surface area contributed by atoms with Crippen LogP contribution in [0.5, 0.6) is 0 Å². The largest absolute Gasteiger partial charge is 0.311 e. The van der Waals surface area contributed by atoms with Crippen LogP contribution in [0.2, 0.25) is 0 Å². The third-order valence-corrected chi connectivity index (χ3v) is 5.34. The van der Waals surface area contributed by atoms with E-state index in [1.54, 1.807) is 0 Å². The van der Waals surface area contributed by atoms with Gasteiger partial charge < -0.3 is 5.32 Å². The van der Waals surface area contributed by atoms with Crippen LogP contribution in [0.3, 0.4) is 0 Å². The molecule has 2 aliphatic rings. The van der Waals surface area contributed by atoms with Crippen LogP contribution in [-0.4, -0.2) is 17.3 Å². The molecule has 0 amide bonds. The fourth-order valence-corrected chi connectivity index (χ4v) is 4.41. The molecule has 2 unspecified atom stereocenters. The van der Waals surface area contributed by atoms with Crippen LogP contribution >= 0.6 is 27.7 Å². The summed E-state index contributed by atoms with van der Waals surface area (Å²) in [5.74, 6) is 0. The topological polar surface area (TPSA) is 12.0 Å². The van der Waals surface area contributed by atoms with Crippen LogP contribution in [0.4, 0.5) is 0 Å². The average molecular weight is 298 g/mol. The molecule has 2 atom stereocenters. The number of nitrogens with one attached hydrogen (secondary N) is 1. The highest BCUT2D eigenvalue weighted by Gasteiger charge is 2.33. The number of rotatable bonds is 2. The van der Waals surface area contributed by atoms with Crippen molar-refractivity contribution in [3.63, 3.8) is 0 Å². The normalized spacial score (nSPS) is 32.9. The lowest BCUT2D eigenvalue weighted by Crippen LogP contribution is -2.39. The van der Waals surface area contributed by atoms with Crippen LogP contribution < -0.4 is 5.32 Å². The van der Waals surface area contributed by atoms with E-state index in [1.807, 2.05) is 0 Å². The summed E-state index contributed by atoms with van der Waals surface area (Å²) in [6, 6.07) is 10.3. The SMILES string of the molecule is Brc1ccc(SC2CC3CCC(C2)N3)cc1. The molecule has 1 nitrogen and oxygen atoms in total. The van der Waals surface area contributed by atoms with E-state index in [-0.39, 0.29) is 0 Å². The summed E-state index contributed by atoms with van der Waals surface area (Å²) in [6.07, 6.45) is 5.47. The molecule has 0 aromatic heterocycles. The van der Waals surface area contributed by atoms with Crippen molar-refractivity contribution in [3.05, 3.63) is 28.7 Å². The van der Waals surface area contributed by atoms with Crippen molar-refractivity contribution >= 4 is 27.7 Å². The Hall–Kier alpha value is 0.01000. The summed E-state index contributed by atoms with van der Waals surface area (Å²) < 4.78 is 1.17. The zero-order valence-electron chi connectivity index (χ0n) is 9.16. The molecule has 2 fully saturated rings. The standard InChI is InChI=1S/C13H16BrNS/c14-9-1-5-12(6-2-9)16-13-7-10-3-4-11(8-13)15-10/h1-2,5-6,10-11,13,15H,3-4,7-8H2. The first-order valence-corrected chi connectivity index (χ1v) is 7.65. The van der Waals surface area contributed by atoms with E-state index >= 15 is 0 Å². The van der Waals surface area contributed by atoms with Crippen LogP contribution in [0.1, 0.15) is 25.7 Å². The first-order chi connectivity index (χ1) is 7.79. The van der Waals surface area contributed by atoms with E-state index in [2.05, 4.69) is 57.3 Å². The summed E-state index contributed by atoms with van der Waals surface area (Å²) in [4.78, 5) is 1.41. The van der Waals surface area contributed by atoms with E-state index in [1.165, 1.54) is 35.1 Å². The molecule has 2 aliphatic heterocycles. The maximum absolute atomic E-state index is 3.69. The molecular formula is C13H16BrNS. The minimum Gasteiger partial charge on any atom is -0.311 e. The van der Waals surface area contributed by atoms with E-state index in [4.69, 9.17) is 0 Å². The Balaban J connectivity index is 1.64. The minimum atomic E-state index is 0.798. The molecule has 0 aliphatic carbocycles. The molecule has 1 aromatic rings. The van der Waals surface area contributed by atoms with E-state index < -0.39 is 0 Å². The summed E-state index contributed by atoms with van der Waals surface area (Å²) in [6.45, 7) is 0. The Morgan fingerprint density at radius 2 is 1.69 bits per heavy atom. The molecule has 16 heavy (non-hydrogen) atoms. The summed E-state index contributed by atoms with van der Waals surface area (Å²) in [7, 11) is 0. The van der Waals surface area contributed by atoms with Crippen LogP contribution in [-0.2, 0) is 0 Å². The van der Waals surface area contributed by atoms with Gasteiger partial charge in [-0.05, 0) is 49.9 Å². The van der Waals surface area contributed by atoms with Crippen molar-refractivity contribution in [2.24, 2.45) is 0 Å². The van der Waals surface area contributed by atoms with Gasteiger partial charge in [0.15, 0.2) is 0 Å². The van der Waals surface area contributed by atoms with Gasteiger partial charge in [-0.15, -0.1) is 11.8 Å². The van der Waals surface area contributed by atoms with Crippen LogP contribution in [0.15, 0.2) is 33.6 Å². The molecule has 2 saturated heterocycles. The highest BCUT2D eigenvalue weighted by Crippen LogP contribution is 2.37. The van der Waals surface area contributed by atoms with Crippen molar-refractivity contribution in [1.82, 2.24) is 5.32 Å². The molecule has 86 valence electrons. The fraction of sp³-hybridized carbons (Fsp3) is 0.538. The van der Waals surface area contributed by atoms with Gasteiger partial charge >= 0.3 is 0 Å². The van der Waals surface area contributed by atoms with Gasteiger partial charge in [0.05, 0.1) is 0 Å². The molecule has 0 spiro atoms. The third kappa shape index (κ3) is 2.47. The lowest BCUT2D eigenvalue weighted by atomic mass is 10.1. The molecule has 0 radical (unpaired) electrons. The summed E-state index contributed by atoms with van der Waals surface area (Å²) in [5.41, 5.74) is 0. The highest BCUT2D eigenvalue weighted by atomic mass is 79.9. The Bertz CT molecular complexity index is 353. The molecule has 3 rings (SSSR count). The third-order valence-electron chi connectivity index (χ3n) is 3.55. The van der Waals surface area contributed by atoms with Crippen molar-refractivity contribution in [2.75, 3.05) is 0 Å². The first-order valence-electron chi connectivity index (χ1n) is 5.98. The number of hydrogen-bond acceptors (Lipinski definition) is 2. The minimum absolute atomic E-state index is 0.798. The van der Waals surface area contributed by atoms with Crippen molar-refractivity contribution in [1.29, 1.82) is 0 Å². The number of piperidine rings is 1. The highest BCUT2D eigenvalue weighted by molar-refractivity contribution is 9.10. The number of benzene rings is 1. The Labute approximate surface area is 110 Å². The van der Waals surface area contributed by atoms with Crippen molar-refractivity contribution in [3.8, 4) is 0 Å². The lowest BCUT2D eigenvalue weighted by molar-refractivity contribution is 0.415. The number of halogens is 1. The fourth-order valence-electron chi connectivity index (χ4n) is 2.81. The molecular weight excluding hydrogens is 282 g/mol. The zero-order chi connectivity index (χ0) is 11.0. The molecule has 1 aromatic carbocycles. The second-order valence-electron chi connectivity index (χ2n) is 4.80. The van der Waals surface area contributed by atoms with Gasteiger partial charge in [0.1, 0.15) is 0 Å². The zero-order valence-corrected chi connectivity index (χ0v) is 11.6. The van der Waals surface area contributed by atoms with Crippen molar-refractivity contribution in [2.45, 2.75) is 47.9 Å². The maximum atomic E-state index is 3.69. The molecule has 3 heteroatoms. The lowest BCUT2D eigenvalue weighted by Gasteiger charge is -2.28. The van der Waals surface area contributed by atoms with Gasteiger partial charge in [-0.3, -0.25) is 0 Å². The van der Waals surface area contributed by atoms with Gasteiger partial charge in [0.2, 0.25) is 0 Å². The van der Waals surface area contributed by atoms with Gasteiger partial charge in [0.25, 0.3) is 0 Å². The van der Waals surface area contributed by atoms with Crippen LogP contribution in [0, 0.1) is 0 Å². The van der Waals surface area contributed by atoms with Crippen molar-refractivity contribution < 1.29 is 0 Å². The molecule has 2 heterocycles. The van der Waals surface area contributed by atoms with Gasteiger partial charge in [0, 0.05) is 26.7 Å². The van der Waals surface area contributed by atoms with Gasteiger partial charge in [-0.1, -0.05) is 15.9 Å². The molecule has 0 saturated carbocycles. The number of fused-ring (bicyclic) bond motifs is 2.